The van der Waals surface area contributed by atoms with Crippen LogP contribution in [0.1, 0.15) is 36.8 Å². The quantitative estimate of drug-likeness (QED) is 0.0538. The fourth-order valence-corrected chi connectivity index (χ4v) is 4.78. The Morgan fingerprint density at radius 1 is 0.556 bits per heavy atom. The summed E-state index contributed by atoms with van der Waals surface area (Å²) in [4.78, 5) is 112. The van der Waals surface area contributed by atoms with Gasteiger partial charge in [0.1, 0.15) is 35.7 Å². The highest BCUT2D eigenvalue weighted by Gasteiger charge is 2.32. The van der Waals surface area contributed by atoms with Crippen LogP contribution in [-0.4, -0.2) is 105 Å². The van der Waals surface area contributed by atoms with E-state index in [0.717, 1.165) is 0 Å². The van der Waals surface area contributed by atoms with Gasteiger partial charge in [0.25, 0.3) is 0 Å². The monoisotopic (exact) mass is 757 g/mol. The number of amides is 8. The van der Waals surface area contributed by atoms with Crippen molar-refractivity contribution in [1.82, 2.24) is 26.6 Å². The Hall–Kier alpha value is -6.77. The van der Waals surface area contributed by atoms with Crippen molar-refractivity contribution in [2.75, 3.05) is 6.54 Å². The number of nitrogens with one attached hydrogen (secondary N) is 5. The molecule has 0 aliphatic heterocycles. The maximum Gasteiger partial charge on any atom is 0.326 e. The Bertz CT molecular complexity index is 1700. The second kappa shape index (κ2) is 20.9. The lowest BCUT2D eigenvalue weighted by atomic mass is 10.0. The standard InChI is InChI=1S/C33H43N9O12/c34-20(11-16-1-5-18(43)6-2-16)29(49)40-21(9-10-25(35)45)31(51)42-23(14-27(37)47)32(52)41-22(13-26(36)46)30(50)38-15-28(48)39-24(33(53)54)12-17-3-7-19(44)8-4-17/h1-8,20-24,43-44H,9-15,34H2,(H2,35,45)(H2,36,46)(H2,37,47)(H,38,50)(H,39,48)(H,40,49)(H,41,52)(H,42,51)(H,53,54)/t20-,21-,22-,23-,24-/m0/s1. The molecule has 292 valence electrons. The number of carboxylic acids is 1. The highest BCUT2D eigenvalue weighted by atomic mass is 16.4. The average Bonchev–Trinajstić information content (AvgIpc) is 3.09. The van der Waals surface area contributed by atoms with Crippen LogP contribution in [0.3, 0.4) is 0 Å². The van der Waals surface area contributed by atoms with Crippen molar-refractivity contribution in [2.45, 2.75) is 68.7 Å². The van der Waals surface area contributed by atoms with Gasteiger partial charge >= 0.3 is 5.97 Å². The van der Waals surface area contributed by atoms with Gasteiger partial charge in [0.05, 0.1) is 25.4 Å². The zero-order valence-electron chi connectivity index (χ0n) is 28.8. The van der Waals surface area contributed by atoms with Crippen LogP contribution in [0, 0.1) is 0 Å². The van der Waals surface area contributed by atoms with Gasteiger partial charge in [-0.3, -0.25) is 38.4 Å². The van der Waals surface area contributed by atoms with Gasteiger partial charge in [-0.25, -0.2) is 4.79 Å². The number of hydrogen-bond donors (Lipinski definition) is 12. The Labute approximate surface area is 307 Å². The summed E-state index contributed by atoms with van der Waals surface area (Å²) in [7, 11) is 0. The number of primary amides is 3. The molecule has 0 heterocycles. The molecule has 2 aromatic carbocycles. The summed E-state index contributed by atoms with van der Waals surface area (Å²) in [6.07, 6.45) is -2.65. The molecular weight excluding hydrogens is 714 g/mol. The highest BCUT2D eigenvalue weighted by Crippen LogP contribution is 2.13. The third-order valence-corrected chi connectivity index (χ3v) is 7.55. The summed E-state index contributed by atoms with van der Waals surface area (Å²) in [5.74, 6) is -9.78. The molecule has 0 unspecified atom stereocenters. The number of carbonyl (C=O) groups excluding carboxylic acids is 8. The largest absolute Gasteiger partial charge is 0.508 e. The van der Waals surface area contributed by atoms with Crippen LogP contribution in [0.2, 0.25) is 0 Å². The Kier molecular flexibility index (Phi) is 16.8. The molecule has 0 aromatic heterocycles. The van der Waals surface area contributed by atoms with Crippen molar-refractivity contribution < 1.29 is 58.5 Å². The number of nitrogens with two attached hydrogens (primary N) is 4. The second-order valence-electron chi connectivity index (χ2n) is 12.1. The van der Waals surface area contributed by atoms with E-state index in [1.54, 1.807) is 0 Å². The molecule has 5 atom stereocenters. The van der Waals surface area contributed by atoms with E-state index in [-0.39, 0.29) is 30.8 Å². The molecule has 0 radical (unpaired) electrons. The highest BCUT2D eigenvalue weighted by molar-refractivity contribution is 5.98. The van der Waals surface area contributed by atoms with Crippen molar-refractivity contribution >= 4 is 53.2 Å². The number of aliphatic carboxylic acids is 1. The van der Waals surface area contributed by atoms with E-state index in [9.17, 15) is 58.5 Å². The predicted molar refractivity (Wildman–Crippen MR) is 186 cm³/mol. The van der Waals surface area contributed by atoms with Gasteiger partial charge in [0.2, 0.25) is 47.3 Å². The number of carbonyl (C=O) groups is 9. The smallest absolute Gasteiger partial charge is 0.326 e. The van der Waals surface area contributed by atoms with E-state index < -0.39 is 109 Å². The predicted octanol–water partition coefficient (Wildman–Crippen LogP) is -4.63. The number of benzene rings is 2. The van der Waals surface area contributed by atoms with Crippen molar-refractivity contribution in [1.29, 1.82) is 0 Å². The molecule has 21 heteroatoms. The second-order valence-corrected chi connectivity index (χ2v) is 12.1. The lowest BCUT2D eigenvalue weighted by Gasteiger charge is -2.25. The topological polar surface area (TPSA) is 379 Å². The van der Waals surface area contributed by atoms with Crippen molar-refractivity contribution in [3.63, 3.8) is 0 Å². The fraction of sp³-hybridized carbons (Fsp3) is 0.364. The molecule has 0 saturated heterocycles. The molecule has 0 aliphatic carbocycles. The van der Waals surface area contributed by atoms with Crippen LogP contribution in [0.25, 0.3) is 0 Å². The van der Waals surface area contributed by atoms with Crippen LogP contribution in [-0.2, 0) is 56.0 Å². The molecular formula is C33H43N9O12. The number of carboxylic acid groups (broad SMARTS) is 1. The van der Waals surface area contributed by atoms with E-state index in [4.69, 9.17) is 22.9 Å². The van der Waals surface area contributed by atoms with E-state index in [1.807, 2.05) is 0 Å². The number of phenolic OH excluding ortho intramolecular Hbond substituents is 2. The normalized spacial score (nSPS) is 13.4. The molecule has 0 bridgehead atoms. The molecule has 8 amide bonds. The Balaban J connectivity index is 2.13. The summed E-state index contributed by atoms with van der Waals surface area (Å²) in [5, 5.41) is 39.5. The summed E-state index contributed by atoms with van der Waals surface area (Å²) >= 11 is 0. The summed E-state index contributed by atoms with van der Waals surface area (Å²) in [6.45, 7) is -0.819. The van der Waals surface area contributed by atoms with E-state index in [0.29, 0.717) is 11.1 Å². The Morgan fingerprint density at radius 3 is 1.46 bits per heavy atom. The van der Waals surface area contributed by atoms with Crippen LogP contribution in [0.15, 0.2) is 48.5 Å². The van der Waals surface area contributed by atoms with Gasteiger partial charge in [-0.15, -0.1) is 0 Å². The minimum atomic E-state index is -1.81. The van der Waals surface area contributed by atoms with Crippen LogP contribution in [0.4, 0.5) is 0 Å². The van der Waals surface area contributed by atoms with Gasteiger partial charge in [0.15, 0.2) is 0 Å². The molecule has 21 nitrogen and oxygen atoms in total. The SMILES string of the molecule is NC(=O)CC[C@H](NC(=O)[C@@H](N)Cc1ccc(O)cc1)C(=O)N[C@@H](CC(N)=O)C(=O)N[C@@H](CC(N)=O)C(=O)NCC(=O)N[C@@H](Cc1ccc(O)cc1)C(=O)O. The molecule has 2 rings (SSSR count). The molecule has 2 aromatic rings. The number of hydrogen-bond acceptors (Lipinski definition) is 12. The van der Waals surface area contributed by atoms with Crippen molar-refractivity contribution in [3.8, 4) is 11.5 Å². The van der Waals surface area contributed by atoms with Crippen LogP contribution >= 0.6 is 0 Å². The van der Waals surface area contributed by atoms with Crippen LogP contribution in [0.5, 0.6) is 11.5 Å². The maximum absolute atomic E-state index is 13.3. The number of phenols is 2. The average molecular weight is 758 g/mol. The zero-order chi connectivity index (χ0) is 40.5. The zero-order valence-corrected chi connectivity index (χ0v) is 28.8. The number of rotatable bonds is 22. The molecule has 0 saturated carbocycles. The molecule has 54 heavy (non-hydrogen) atoms. The molecule has 0 fully saturated rings. The first-order valence-corrected chi connectivity index (χ1v) is 16.2. The Morgan fingerprint density at radius 2 is 1.00 bits per heavy atom. The summed E-state index contributed by atoms with van der Waals surface area (Å²) in [6, 6.07) is 3.55. The first-order valence-electron chi connectivity index (χ1n) is 16.2. The van der Waals surface area contributed by atoms with Crippen molar-refractivity contribution in [3.05, 3.63) is 59.7 Å². The summed E-state index contributed by atoms with van der Waals surface area (Å²) in [5.41, 5.74) is 22.7. The van der Waals surface area contributed by atoms with Crippen molar-refractivity contribution in [2.24, 2.45) is 22.9 Å². The van der Waals surface area contributed by atoms with Gasteiger partial charge < -0.3 is 64.8 Å². The van der Waals surface area contributed by atoms with Gasteiger partial charge in [-0.2, -0.15) is 0 Å². The number of aromatic hydroxyl groups is 2. The van der Waals surface area contributed by atoms with Gasteiger partial charge in [-0.1, -0.05) is 24.3 Å². The first-order chi connectivity index (χ1) is 25.3. The molecule has 16 N–H and O–H groups in total. The third kappa shape index (κ3) is 15.6. The lowest BCUT2D eigenvalue weighted by Crippen LogP contribution is -2.59. The third-order valence-electron chi connectivity index (χ3n) is 7.55. The minimum absolute atomic E-state index is 0.0199. The maximum atomic E-state index is 13.3. The summed E-state index contributed by atoms with van der Waals surface area (Å²) < 4.78 is 0. The van der Waals surface area contributed by atoms with Gasteiger partial charge in [0, 0.05) is 12.8 Å². The van der Waals surface area contributed by atoms with Crippen LogP contribution < -0.4 is 49.5 Å². The van der Waals surface area contributed by atoms with E-state index in [2.05, 4.69) is 26.6 Å². The van der Waals surface area contributed by atoms with E-state index in [1.165, 1.54) is 48.5 Å². The van der Waals surface area contributed by atoms with E-state index >= 15 is 0 Å². The van der Waals surface area contributed by atoms with Gasteiger partial charge in [-0.05, 0) is 48.2 Å². The lowest BCUT2D eigenvalue weighted by molar-refractivity contribution is -0.141. The fourth-order valence-electron chi connectivity index (χ4n) is 4.78. The first kappa shape index (κ1) is 43.4. The molecule has 0 spiro atoms. The minimum Gasteiger partial charge on any atom is -0.508 e. The molecule has 0 aliphatic rings.